The van der Waals surface area contributed by atoms with Gasteiger partial charge in [-0.1, -0.05) is 0 Å². The minimum absolute atomic E-state index is 0.237. The molecule has 0 spiro atoms. The zero-order valence-corrected chi connectivity index (χ0v) is 6.97. The number of hydrogen-bond donors (Lipinski definition) is 1. The third-order valence-corrected chi connectivity index (χ3v) is 1.59. The number of aromatic nitrogens is 1. The van der Waals surface area contributed by atoms with Gasteiger partial charge in [0.25, 0.3) is 0 Å². The lowest BCUT2D eigenvalue weighted by Crippen LogP contribution is -2.33. The van der Waals surface area contributed by atoms with Crippen molar-refractivity contribution >= 4 is 5.97 Å². The van der Waals surface area contributed by atoms with Gasteiger partial charge in [-0.3, -0.25) is 0 Å². The van der Waals surface area contributed by atoms with Crippen molar-refractivity contribution in [1.29, 1.82) is 5.26 Å². The van der Waals surface area contributed by atoms with E-state index in [4.69, 9.17) is 10.4 Å². The molecule has 1 heterocycles. The summed E-state index contributed by atoms with van der Waals surface area (Å²) in [4.78, 5) is 10.5. The van der Waals surface area contributed by atoms with Crippen molar-refractivity contribution < 1.29 is 14.5 Å². The van der Waals surface area contributed by atoms with E-state index in [-0.39, 0.29) is 5.56 Å². The summed E-state index contributed by atoms with van der Waals surface area (Å²) in [6.45, 7) is 0.525. The largest absolute Gasteiger partial charge is 0.477 e. The number of nitriles is 1. The molecule has 13 heavy (non-hydrogen) atoms. The average Bonchev–Trinajstić information content (AvgIpc) is 2.15. The third-order valence-electron chi connectivity index (χ3n) is 1.59. The predicted octanol–water partition coefficient (Wildman–Crippen LogP) is 0.586. The van der Waals surface area contributed by atoms with Gasteiger partial charge in [-0.15, -0.1) is 0 Å². The highest BCUT2D eigenvalue weighted by atomic mass is 16.4. The molecule has 0 aliphatic carbocycles. The van der Waals surface area contributed by atoms with Crippen LogP contribution in [0.3, 0.4) is 0 Å². The number of aromatic carboxylic acids is 1. The molecule has 0 fully saturated rings. The van der Waals surface area contributed by atoms with Crippen LogP contribution < -0.4 is 4.57 Å². The Hall–Kier alpha value is -1.89. The van der Waals surface area contributed by atoms with Crippen molar-refractivity contribution in [1.82, 2.24) is 0 Å². The second-order valence-corrected chi connectivity index (χ2v) is 2.54. The lowest BCUT2D eigenvalue weighted by Gasteiger charge is -1.93. The molecule has 0 atom stereocenters. The first-order valence-corrected chi connectivity index (χ1v) is 3.83. The molecule has 0 unspecified atom stereocenters. The van der Waals surface area contributed by atoms with E-state index in [1.807, 2.05) is 6.07 Å². The molecule has 0 aromatic carbocycles. The molecular weight excluding hydrogens is 168 g/mol. The van der Waals surface area contributed by atoms with Crippen LogP contribution in [0.15, 0.2) is 24.5 Å². The predicted molar refractivity (Wildman–Crippen MR) is 43.8 cm³/mol. The second kappa shape index (κ2) is 4.21. The number of rotatable bonds is 3. The Bertz CT molecular complexity index is 355. The first kappa shape index (κ1) is 9.20. The van der Waals surface area contributed by atoms with E-state index in [1.54, 1.807) is 16.8 Å². The molecule has 66 valence electrons. The number of pyridine rings is 1. The van der Waals surface area contributed by atoms with Crippen LogP contribution in [0.5, 0.6) is 0 Å². The molecular formula is C9H9N2O2+. The summed E-state index contributed by atoms with van der Waals surface area (Å²) >= 11 is 0. The van der Waals surface area contributed by atoms with E-state index in [0.717, 1.165) is 0 Å². The number of carbonyl (C=O) groups is 1. The lowest BCUT2D eigenvalue weighted by molar-refractivity contribution is -0.696. The van der Waals surface area contributed by atoms with Crippen LogP contribution in [0.2, 0.25) is 0 Å². The molecule has 0 radical (unpaired) electrons. The Kier molecular flexibility index (Phi) is 2.98. The maximum atomic E-state index is 10.5. The minimum atomic E-state index is -0.952. The van der Waals surface area contributed by atoms with Crippen LogP contribution in [-0.2, 0) is 6.54 Å². The quantitative estimate of drug-likeness (QED) is 0.687. The Morgan fingerprint density at radius 2 is 2.46 bits per heavy atom. The molecule has 4 nitrogen and oxygen atoms in total. The smallest absolute Gasteiger partial charge is 0.341 e. The van der Waals surface area contributed by atoms with Crippen LogP contribution in [0, 0.1) is 11.3 Å². The molecule has 0 saturated heterocycles. The van der Waals surface area contributed by atoms with E-state index >= 15 is 0 Å². The van der Waals surface area contributed by atoms with Crippen molar-refractivity contribution in [2.24, 2.45) is 0 Å². The van der Waals surface area contributed by atoms with Gasteiger partial charge in [0.2, 0.25) is 0 Å². The van der Waals surface area contributed by atoms with Gasteiger partial charge in [-0.2, -0.15) is 5.26 Å². The second-order valence-electron chi connectivity index (χ2n) is 2.54. The van der Waals surface area contributed by atoms with Gasteiger partial charge in [0.1, 0.15) is 5.56 Å². The Morgan fingerprint density at radius 3 is 3.08 bits per heavy atom. The highest BCUT2D eigenvalue weighted by Crippen LogP contribution is 1.93. The summed E-state index contributed by atoms with van der Waals surface area (Å²) in [6, 6.07) is 5.17. The van der Waals surface area contributed by atoms with Gasteiger partial charge in [0, 0.05) is 6.07 Å². The Labute approximate surface area is 75.7 Å². The zero-order chi connectivity index (χ0) is 9.68. The van der Waals surface area contributed by atoms with Crippen LogP contribution >= 0.6 is 0 Å². The van der Waals surface area contributed by atoms with Gasteiger partial charge >= 0.3 is 5.97 Å². The Balaban J connectivity index is 2.80. The molecule has 0 bridgehead atoms. The summed E-state index contributed by atoms with van der Waals surface area (Å²) in [5.74, 6) is -0.952. The van der Waals surface area contributed by atoms with E-state index in [1.165, 1.54) is 12.3 Å². The van der Waals surface area contributed by atoms with Crippen LogP contribution in [0.25, 0.3) is 0 Å². The van der Waals surface area contributed by atoms with E-state index in [9.17, 15) is 4.79 Å². The topological polar surface area (TPSA) is 65.0 Å². The molecule has 1 rings (SSSR count). The lowest BCUT2D eigenvalue weighted by atomic mass is 10.3. The molecule has 1 aromatic heterocycles. The summed E-state index contributed by atoms with van der Waals surface area (Å²) in [6.07, 6.45) is 3.64. The summed E-state index contributed by atoms with van der Waals surface area (Å²) in [7, 11) is 0. The molecule has 4 heteroatoms. The summed E-state index contributed by atoms with van der Waals surface area (Å²) in [5.41, 5.74) is 0.237. The zero-order valence-electron chi connectivity index (χ0n) is 6.97. The SMILES string of the molecule is N#CCC[n+]1cccc(C(=O)O)c1. The van der Waals surface area contributed by atoms with Crippen LogP contribution in [-0.4, -0.2) is 11.1 Å². The van der Waals surface area contributed by atoms with Gasteiger partial charge in [0.15, 0.2) is 18.9 Å². The molecule has 1 N–H and O–H groups in total. The highest BCUT2D eigenvalue weighted by molar-refractivity contribution is 5.86. The van der Waals surface area contributed by atoms with Crippen molar-refractivity contribution in [2.75, 3.05) is 0 Å². The minimum Gasteiger partial charge on any atom is -0.477 e. The maximum absolute atomic E-state index is 10.5. The fourth-order valence-electron chi connectivity index (χ4n) is 0.967. The van der Waals surface area contributed by atoms with Crippen molar-refractivity contribution in [3.05, 3.63) is 30.1 Å². The summed E-state index contributed by atoms with van der Waals surface area (Å²) < 4.78 is 1.69. The fraction of sp³-hybridized carbons (Fsp3) is 0.222. The van der Waals surface area contributed by atoms with E-state index in [0.29, 0.717) is 13.0 Å². The molecule has 1 aromatic rings. The first-order valence-electron chi connectivity index (χ1n) is 3.83. The highest BCUT2D eigenvalue weighted by Gasteiger charge is 2.07. The van der Waals surface area contributed by atoms with Crippen molar-refractivity contribution in [3.63, 3.8) is 0 Å². The number of aryl methyl sites for hydroxylation is 1. The standard InChI is InChI=1S/C9H8N2O2/c10-4-2-6-11-5-1-3-8(7-11)9(12)13/h1,3,5,7H,2,6H2/p+1. The molecule has 0 saturated carbocycles. The summed E-state index contributed by atoms with van der Waals surface area (Å²) in [5, 5.41) is 17.0. The first-order chi connectivity index (χ1) is 6.24. The number of carboxylic acids is 1. The normalized spacial score (nSPS) is 9.15. The fourth-order valence-corrected chi connectivity index (χ4v) is 0.967. The van der Waals surface area contributed by atoms with Crippen molar-refractivity contribution in [2.45, 2.75) is 13.0 Å². The molecule has 0 amide bonds. The van der Waals surface area contributed by atoms with Crippen LogP contribution in [0.4, 0.5) is 0 Å². The Morgan fingerprint density at radius 1 is 1.69 bits per heavy atom. The van der Waals surface area contributed by atoms with Gasteiger partial charge in [-0.25, -0.2) is 9.36 Å². The van der Waals surface area contributed by atoms with Gasteiger partial charge in [-0.05, 0) is 6.07 Å². The average molecular weight is 177 g/mol. The van der Waals surface area contributed by atoms with Gasteiger partial charge in [0.05, 0.1) is 12.5 Å². The maximum Gasteiger partial charge on any atom is 0.341 e. The number of nitrogens with zero attached hydrogens (tertiary/aromatic N) is 2. The van der Waals surface area contributed by atoms with Crippen molar-refractivity contribution in [3.8, 4) is 6.07 Å². The van der Waals surface area contributed by atoms with Crippen LogP contribution in [0.1, 0.15) is 16.8 Å². The van der Waals surface area contributed by atoms with Gasteiger partial charge < -0.3 is 5.11 Å². The monoisotopic (exact) mass is 177 g/mol. The number of hydrogen-bond acceptors (Lipinski definition) is 2. The van der Waals surface area contributed by atoms with E-state index in [2.05, 4.69) is 0 Å². The van der Waals surface area contributed by atoms with E-state index < -0.39 is 5.97 Å². The third kappa shape index (κ3) is 2.56. The molecule has 0 aliphatic heterocycles. The molecule has 0 aliphatic rings. The number of carboxylic acid groups (broad SMARTS) is 1.